The average molecular weight is 418 g/mol. The van der Waals surface area contributed by atoms with E-state index in [1.165, 1.54) is 96.3 Å². The molecule has 0 spiro atoms. The van der Waals surface area contributed by atoms with Gasteiger partial charge in [-0.25, -0.2) is 0 Å². The van der Waals surface area contributed by atoms with Crippen molar-refractivity contribution in [2.45, 2.75) is 115 Å². The third-order valence-electron chi connectivity index (χ3n) is 4.62. The summed E-state index contributed by atoms with van der Waals surface area (Å²) in [5, 5.41) is 8.71. The highest BCUT2D eigenvalue weighted by molar-refractivity contribution is 7.64. The van der Waals surface area contributed by atoms with Crippen molar-refractivity contribution in [1.82, 2.24) is 0 Å². The molecule has 146 valence electrons. The predicted molar refractivity (Wildman–Crippen MR) is 114 cm³/mol. The molecule has 0 aromatic heterocycles. The minimum atomic E-state index is -2.36. The predicted octanol–water partition coefficient (Wildman–Crippen LogP) is 8.27. The smallest absolute Gasteiger partial charge is 0.341 e. The first kappa shape index (κ1) is 25.0. The summed E-state index contributed by atoms with van der Waals surface area (Å²) in [6, 6.07) is -1.54. The zero-order valence-electron chi connectivity index (χ0n) is 15.5. The van der Waals surface area contributed by atoms with E-state index in [0.29, 0.717) is 6.61 Å². The van der Waals surface area contributed by atoms with E-state index >= 15 is 0 Å². The lowest BCUT2D eigenvalue weighted by molar-refractivity contribution is 0.282. The van der Waals surface area contributed by atoms with Gasteiger partial charge in [0.05, 0.1) is 0 Å². The maximum absolute atomic E-state index is 8.71. The van der Waals surface area contributed by atoms with Gasteiger partial charge in [0.1, 0.15) is 0 Å². The summed E-state index contributed by atoms with van der Waals surface area (Å²) < 4.78 is 0. The molecule has 1 N–H and O–H groups in total. The Morgan fingerprint density at radius 2 is 0.667 bits per heavy atom. The zero-order valence-corrected chi connectivity index (χ0v) is 18.8. The number of rotatable bonds is 19. The highest BCUT2D eigenvalue weighted by Gasteiger charge is 2.23. The second-order valence-electron chi connectivity index (χ2n) is 7.10. The van der Waals surface area contributed by atoms with Crippen LogP contribution in [0.3, 0.4) is 0 Å². The van der Waals surface area contributed by atoms with Gasteiger partial charge in [0.15, 0.2) is 0 Å². The van der Waals surface area contributed by atoms with Crippen LogP contribution in [0.15, 0.2) is 0 Å². The van der Waals surface area contributed by atoms with E-state index in [2.05, 4.69) is 0 Å². The summed E-state index contributed by atoms with van der Waals surface area (Å²) in [7, 11) is 0. The largest absolute Gasteiger partial charge is 0.396 e. The summed E-state index contributed by atoms with van der Waals surface area (Å²) in [6.07, 6.45) is 22.4. The van der Waals surface area contributed by atoms with Crippen LogP contribution in [0, 0.1) is 0 Å². The molecule has 5 heteroatoms. The van der Waals surface area contributed by atoms with Crippen molar-refractivity contribution in [2.24, 2.45) is 0 Å². The average Bonchev–Trinajstić information content (AvgIpc) is 2.52. The third kappa shape index (κ3) is 23.0. The molecule has 0 heterocycles. The van der Waals surface area contributed by atoms with Gasteiger partial charge in [-0.3, -0.25) is 0 Å². The lowest BCUT2D eigenvalue weighted by atomic mass is 10.0. The zero-order chi connectivity index (χ0) is 17.9. The summed E-state index contributed by atoms with van der Waals surface area (Å²) >= 11 is 17.6. The Labute approximate surface area is 166 Å². The fourth-order valence-corrected chi connectivity index (χ4v) is 4.94. The lowest BCUT2D eigenvalue weighted by Crippen LogP contribution is -2.07. The topological polar surface area (TPSA) is 20.2 Å². The molecule has 0 atom stereocenters. The quantitative estimate of drug-likeness (QED) is 0.127. The third-order valence-corrected chi connectivity index (χ3v) is 7.24. The van der Waals surface area contributed by atoms with E-state index in [1.54, 1.807) is 0 Å². The van der Waals surface area contributed by atoms with Gasteiger partial charge in [-0.05, 0) is 12.5 Å². The molecule has 24 heavy (non-hydrogen) atoms. The molecular formula is C19H39Cl3OSi. The van der Waals surface area contributed by atoms with Crippen LogP contribution in [0.4, 0.5) is 0 Å². The van der Waals surface area contributed by atoms with Crippen LogP contribution in [-0.4, -0.2) is 17.7 Å². The summed E-state index contributed by atoms with van der Waals surface area (Å²) in [5.74, 6) is 0. The molecule has 1 nitrogen and oxygen atoms in total. The molecule has 0 aromatic carbocycles. The van der Waals surface area contributed by atoms with Gasteiger partial charge in [0.2, 0.25) is 0 Å². The van der Waals surface area contributed by atoms with Crippen molar-refractivity contribution in [1.29, 1.82) is 0 Å². The van der Waals surface area contributed by atoms with Gasteiger partial charge >= 0.3 is 6.00 Å². The maximum Gasteiger partial charge on any atom is 0.341 e. The SMILES string of the molecule is OCCCCCCCCCCCCCCCCCCC[Si](Cl)(Cl)Cl. The normalized spacial score (nSPS) is 12.0. The number of unbranched alkanes of at least 4 members (excludes halogenated alkanes) is 16. The Bertz CT molecular complexity index is 247. The Balaban J connectivity index is 3.00. The van der Waals surface area contributed by atoms with E-state index in [-0.39, 0.29) is 0 Å². The van der Waals surface area contributed by atoms with Crippen LogP contribution >= 0.6 is 33.2 Å². The van der Waals surface area contributed by atoms with Crippen LogP contribution in [0.1, 0.15) is 109 Å². The van der Waals surface area contributed by atoms with E-state index < -0.39 is 6.00 Å². The first-order valence-electron chi connectivity index (χ1n) is 10.2. The van der Waals surface area contributed by atoms with E-state index in [4.69, 9.17) is 38.3 Å². The second kappa shape index (κ2) is 18.8. The number of aliphatic hydroxyl groups is 1. The fourth-order valence-electron chi connectivity index (χ4n) is 3.09. The fraction of sp³-hybridized carbons (Fsp3) is 1.00. The van der Waals surface area contributed by atoms with Crippen molar-refractivity contribution in [3.05, 3.63) is 0 Å². The molecule has 0 aliphatic rings. The van der Waals surface area contributed by atoms with Crippen LogP contribution < -0.4 is 0 Å². The molecule has 0 amide bonds. The van der Waals surface area contributed by atoms with E-state index in [9.17, 15) is 0 Å². The first-order chi connectivity index (χ1) is 11.6. The molecule has 0 saturated heterocycles. The van der Waals surface area contributed by atoms with E-state index in [1.807, 2.05) is 0 Å². The van der Waals surface area contributed by atoms with Crippen molar-refractivity contribution < 1.29 is 5.11 Å². The van der Waals surface area contributed by atoms with Gasteiger partial charge in [0, 0.05) is 6.61 Å². The van der Waals surface area contributed by atoms with Gasteiger partial charge in [0.25, 0.3) is 0 Å². The van der Waals surface area contributed by atoms with Gasteiger partial charge < -0.3 is 5.11 Å². The second-order valence-corrected chi connectivity index (χ2v) is 16.4. The number of aliphatic hydroxyl groups excluding tert-OH is 1. The standard InChI is InChI=1S/C19H39Cl3OSi/c20-24(21,22)19-17-15-13-11-9-7-5-3-1-2-4-6-8-10-12-14-16-18-23/h23H,1-19H2. The molecule has 0 unspecified atom stereocenters. The first-order valence-corrected chi connectivity index (χ1v) is 15.5. The minimum absolute atomic E-state index is 0.359. The van der Waals surface area contributed by atoms with Gasteiger partial charge in [-0.2, -0.15) is 0 Å². The molecule has 0 radical (unpaired) electrons. The van der Waals surface area contributed by atoms with Crippen LogP contribution in [0.2, 0.25) is 6.04 Å². The molecular weight excluding hydrogens is 379 g/mol. The van der Waals surface area contributed by atoms with E-state index in [0.717, 1.165) is 18.9 Å². The van der Waals surface area contributed by atoms with Gasteiger partial charge in [-0.1, -0.05) is 103 Å². The molecule has 0 rings (SSSR count). The summed E-state index contributed by atoms with van der Waals surface area (Å²) in [4.78, 5) is 0. The molecule has 0 aromatic rings. The van der Waals surface area contributed by atoms with Crippen LogP contribution in [-0.2, 0) is 0 Å². The molecule has 0 bridgehead atoms. The summed E-state index contributed by atoms with van der Waals surface area (Å²) in [5.41, 5.74) is 0. The minimum Gasteiger partial charge on any atom is -0.396 e. The Kier molecular flexibility index (Phi) is 19.6. The number of hydrogen-bond acceptors (Lipinski definition) is 1. The van der Waals surface area contributed by atoms with Crippen molar-refractivity contribution >= 4 is 39.2 Å². The Hall–Kier alpha value is 1.05. The van der Waals surface area contributed by atoms with Crippen molar-refractivity contribution in [3.8, 4) is 0 Å². The summed E-state index contributed by atoms with van der Waals surface area (Å²) in [6.45, 7) is 0.359. The van der Waals surface area contributed by atoms with Crippen molar-refractivity contribution in [3.63, 3.8) is 0 Å². The molecule has 0 aliphatic heterocycles. The maximum atomic E-state index is 8.71. The molecule has 0 saturated carbocycles. The number of hydrogen-bond donors (Lipinski definition) is 1. The lowest BCUT2D eigenvalue weighted by Gasteiger charge is -2.07. The highest BCUT2D eigenvalue weighted by Crippen LogP contribution is 2.27. The van der Waals surface area contributed by atoms with Crippen LogP contribution in [0.25, 0.3) is 0 Å². The van der Waals surface area contributed by atoms with Crippen molar-refractivity contribution in [2.75, 3.05) is 6.61 Å². The number of halogens is 3. The Morgan fingerprint density at radius 1 is 0.417 bits per heavy atom. The highest BCUT2D eigenvalue weighted by atomic mass is 35.8. The monoisotopic (exact) mass is 416 g/mol. The molecule has 0 aliphatic carbocycles. The molecule has 0 fully saturated rings. The van der Waals surface area contributed by atoms with Crippen LogP contribution in [0.5, 0.6) is 0 Å². The van der Waals surface area contributed by atoms with Gasteiger partial charge in [-0.15, -0.1) is 33.2 Å². The Morgan fingerprint density at radius 3 is 0.917 bits per heavy atom.